The molecule has 122 valence electrons. The van der Waals surface area contributed by atoms with Gasteiger partial charge >= 0.3 is 0 Å². The Kier molecular flexibility index (Phi) is 3.93. The van der Waals surface area contributed by atoms with Crippen LogP contribution in [0.3, 0.4) is 0 Å². The number of sulfonamides is 1. The molecule has 0 fully saturated rings. The largest absolute Gasteiger partial charge is 0.497 e. The first kappa shape index (κ1) is 15.7. The minimum atomic E-state index is -3.60. The molecule has 3 rings (SSSR count). The number of hydrogen-bond donors (Lipinski definition) is 0. The van der Waals surface area contributed by atoms with Crippen molar-refractivity contribution in [3.63, 3.8) is 0 Å². The van der Waals surface area contributed by atoms with Crippen LogP contribution in [-0.4, -0.2) is 35.7 Å². The van der Waals surface area contributed by atoms with Crippen molar-refractivity contribution in [3.8, 4) is 5.75 Å². The number of benzene rings is 2. The summed E-state index contributed by atoms with van der Waals surface area (Å²) in [6.07, 6.45) is 0. The highest BCUT2D eigenvalue weighted by Crippen LogP contribution is 2.36. The molecule has 1 aliphatic heterocycles. The fraction of sp³-hybridized carbons (Fsp3) is 0.294. The van der Waals surface area contributed by atoms with Crippen LogP contribution in [0.15, 0.2) is 47.4 Å². The van der Waals surface area contributed by atoms with E-state index < -0.39 is 10.0 Å². The predicted octanol–water partition coefficient (Wildman–Crippen LogP) is 2.65. The standard InChI is InChI=1S/C17H20N2O3S/c1-13-12-14(22-3)8-9-17(13)23(20,21)19-11-10-18(2)15-6-4-5-7-16(15)19/h4-9,12H,10-11H2,1-3H3. The van der Waals surface area contributed by atoms with Gasteiger partial charge in [-0.25, -0.2) is 8.42 Å². The van der Waals surface area contributed by atoms with Gasteiger partial charge < -0.3 is 9.64 Å². The van der Waals surface area contributed by atoms with Crippen LogP contribution in [0.4, 0.5) is 11.4 Å². The van der Waals surface area contributed by atoms with Crippen LogP contribution < -0.4 is 13.9 Å². The molecule has 0 radical (unpaired) electrons. The van der Waals surface area contributed by atoms with Gasteiger partial charge in [-0.05, 0) is 42.8 Å². The van der Waals surface area contributed by atoms with E-state index in [1.54, 1.807) is 32.2 Å². The third-order valence-corrected chi connectivity index (χ3v) is 6.12. The number of hydrogen-bond acceptors (Lipinski definition) is 4. The van der Waals surface area contributed by atoms with Crippen LogP contribution in [-0.2, 0) is 10.0 Å². The minimum absolute atomic E-state index is 0.317. The lowest BCUT2D eigenvalue weighted by Gasteiger charge is -2.36. The molecule has 0 amide bonds. The Bertz CT molecular complexity index is 833. The normalized spacial score (nSPS) is 14.6. The Balaban J connectivity index is 2.09. The van der Waals surface area contributed by atoms with E-state index in [9.17, 15) is 8.42 Å². The minimum Gasteiger partial charge on any atom is -0.497 e. The summed E-state index contributed by atoms with van der Waals surface area (Å²) in [5, 5.41) is 0. The topological polar surface area (TPSA) is 49.9 Å². The zero-order chi connectivity index (χ0) is 16.6. The van der Waals surface area contributed by atoms with E-state index >= 15 is 0 Å². The van der Waals surface area contributed by atoms with E-state index in [1.165, 1.54) is 4.31 Å². The quantitative estimate of drug-likeness (QED) is 0.867. The monoisotopic (exact) mass is 332 g/mol. The molecule has 23 heavy (non-hydrogen) atoms. The molecule has 0 saturated carbocycles. The molecule has 2 aromatic carbocycles. The van der Waals surface area contributed by atoms with E-state index in [-0.39, 0.29) is 0 Å². The number of ether oxygens (including phenoxy) is 1. The molecule has 5 nitrogen and oxygen atoms in total. The molecule has 0 atom stereocenters. The Labute approximate surface area is 137 Å². The Morgan fingerprint density at radius 1 is 1.04 bits per heavy atom. The fourth-order valence-electron chi connectivity index (χ4n) is 2.89. The summed E-state index contributed by atoms with van der Waals surface area (Å²) in [5.74, 6) is 0.653. The summed E-state index contributed by atoms with van der Waals surface area (Å²) in [7, 11) is -0.0607. The molecule has 0 spiro atoms. The van der Waals surface area contributed by atoms with E-state index in [2.05, 4.69) is 4.90 Å². The van der Waals surface area contributed by atoms with Gasteiger partial charge in [-0.3, -0.25) is 4.31 Å². The first-order valence-corrected chi connectivity index (χ1v) is 8.86. The lowest BCUT2D eigenvalue weighted by molar-refractivity contribution is 0.414. The van der Waals surface area contributed by atoms with Crippen LogP contribution in [0.2, 0.25) is 0 Å². The number of methoxy groups -OCH3 is 1. The van der Waals surface area contributed by atoms with Gasteiger partial charge in [-0.15, -0.1) is 0 Å². The maximum Gasteiger partial charge on any atom is 0.264 e. The van der Waals surface area contributed by atoms with E-state index in [4.69, 9.17) is 4.74 Å². The Hall–Kier alpha value is -2.21. The zero-order valence-corrected chi connectivity index (χ0v) is 14.3. The smallest absolute Gasteiger partial charge is 0.264 e. The number of rotatable bonds is 3. The SMILES string of the molecule is COc1ccc(S(=O)(=O)N2CCN(C)c3ccccc32)c(C)c1. The van der Waals surface area contributed by atoms with Crippen molar-refractivity contribution >= 4 is 21.4 Å². The summed E-state index contributed by atoms with van der Waals surface area (Å²) in [4.78, 5) is 2.39. The summed E-state index contributed by atoms with van der Waals surface area (Å²) in [5.41, 5.74) is 2.32. The third kappa shape index (κ3) is 2.63. The molecule has 0 saturated heterocycles. The second-order valence-electron chi connectivity index (χ2n) is 5.62. The maximum atomic E-state index is 13.1. The lowest BCUT2D eigenvalue weighted by Crippen LogP contribution is -2.42. The Morgan fingerprint density at radius 2 is 1.74 bits per heavy atom. The van der Waals surface area contributed by atoms with Gasteiger partial charge in [0, 0.05) is 13.6 Å². The van der Waals surface area contributed by atoms with Gasteiger partial charge in [0.05, 0.1) is 29.9 Å². The molecular formula is C17H20N2O3S. The maximum absolute atomic E-state index is 13.1. The third-order valence-electron chi connectivity index (χ3n) is 4.15. The lowest BCUT2D eigenvalue weighted by atomic mass is 10.2. The van der Waals surface area contributed by atoms with Crippen molar-refractivity contribution in [2.75, 3.05) is 36.5 Å². The van der Waals surface area contributed by atoms with Gasteiger partial charge in [0.1, 0.15) is 5.75 Å². The average molecular weight is 332 g/mol. The van der Waals surface area contributed by atoms with Gasteiger partial charge in [0.25, 0.3) is 10.0 Å². The van der Waals surface area contributed by atoms with E-state index in [1.807, 2.05) is 31.3 Å². The Morgan fingerprint density at radius 3 is 2.39 bits per heavy atom. The van der Waals surface area contributed by atoms with Crippen molar-refractivity contribution < 1.29 is 13.2 Å². The number of nitrogens with zero attached hydrogens (tertiary/aromatic N) is 2. The number of likely N-dealkylation sites (N-methyl/N-ethyl adjacent to an activating group) is 1. The van der Waals surface area contributed by atoms with Crippen molar-refractivity contribution in [1.82, 2.24) is 0 Å². The molecule has 6 heteroatoms. The van der Waals surface area contributed by atoms with Crippen LogP contribution in [0.1, 0.15) is 5.56 Å². The zero-order valence-electron chi connectivity index (χ0n) is 13.5. The second kappa shape index (κ2) is 5.77. The number of fused-ring (bicyclic) bond motifs is 1. The van der Waals surface area contributed by atoms with Crippen molar-refractivity contribution in [2.45, 2.75) is 11.8 Å². The molecule has 0 unspecified atom stereocenters. The summed E-state index contributed by atoms with van der Waals surface area (Å²) in [6.45, 7) is 2.88. The molecule has 0 bridgehead atoms. The molecule has 1 aliphatic rings. The highest BCUT2D eigenvalue weighted by Gasteiger charge is 2.31. The van der Waals surface area contributed by atoms with Crippen LogP contribution >= 0.6 is 0 Å². The van der Waals surface area contributed by atoms with Gasteiger partial charge in [-0.1, -0.05) is 12.1 Å². The van der Waals surface area contributed by atoms with Crippen molar-refractivity contribution in [3.05, 3.63) is 48.0 Å². The van der Waals surface area contributed by atoms with Gasteiger partial charge in [-0.2, -0.15) is 0 Å². The number of anilines is 2. The molecule has 0 N–H and O–H groups in total. The van der Waals surface area contributed by atoms with E-state index in [0.29, 0.717) is 29.3 Å². The van der Waals surface area contributed by atoms with Crippen molar-refractivity contribution in [2.24, 2.45) is 0 Å². The number of para-hydroxylation sites is 2. The molecule has 2 aromatic rings. The first-order chi connectivity index (χ1) is 10.9. The molecule has 0 aliphatic carbocycles. The van der Waals surface area contributed by atoms with Gasteiger partial charge in [0.2, 0.25) is 0 Å². The summed E-state index contributed by atoms with van der Waals surface area (Å²) >= 11 is 0. The predicted molar refractivity (Wildman–Crippen MR) is 92.0 cm³/mol. The van der Waals surface area contributed by atoms with Crippen LogP contribution in [0, 0.1) is 6.92 Å². The van der Waals surface area contributed by atoms with Crippen LogP contribution in [0.5, 0.6) is 5.75 Å². The summed E-state index contributed by atoms with van der Waals surface area (Å²) < 4.78 is 32.9. The first-order valence-electron chi connectivity index (χ1n) is 7.42. The fourth-order valence-corrected chi connectivity index (χ4v) is 4.56. The van der Waals surface area contributed by atoms with Crippen molar-refractivity contribution in [1.29, 1.82) is 0 Å². The van der Waals surface area contributed by atoms with Crippen LogP contribution in [0.25, 0.3) is 0 Å². The highest BCUT2D eigenvalue weighted by molar-refractivity contribution is 7.93. The van der Waals surface area contributed by atoms with E-state index in [0.717, 1.165) is 11.4 Å². The highest BCUT2D eigenvalue weighted by atomic mass is 32.2. The molecule has 1 heterocycles. The molecular weight excluding hydrogens is 312 g/mol. The summed E-state index contributed by atoms with van der Waals surface area (Å²) in [6, 6.07) is 12.6. The molecule has 0 aromatic heterocycles. The average Bonchev–Trinajstić information content (AvgIpc) is 2.54. The number of aryl methyl sites for hydroxylation is 1. The second-order valence-corrected chi connectivity index (χ2v) is 7.45. The van der Waals surface area contributed by atoms with Gasteiger partial charge in [0.15, 0.2) is 0 Å².